The maximum absolute atomic E-state index is 13.1. The first-order valence-electron chi connectivity index (χ1n) is 16.6. The Balaban J connectivity index is 0.00000111. The minimum atomic E-state index is -0.430. The first-order valence-corrected chi connectivity index (χ1v) is 16.6. The average molecular weight is 727 g/mol. The van der Waals surface area contributed by atoms with Gasteiger partial charge in [0, 0.05) is 63.3 Å². The highest BCUT2D eigenvalue weighted by Gasteiger charge is 2.38. The van der Waals surface area contributed by atoms with Gasteiger partial charge in [-0.05, 0) is 86.3 Å². The molecule has 53 heavy (non-hydrogen) atoms. The van der Waals surface area contributed by atoms with E-state index in [1.165, 1.54) is 5.56 Å². The molecular formula is C44H66N6O3. The monoisotopic (exact) mass is 727 g/mol. The number of hydrogen-bond acceptors (Lipinski definition) is 6. The van der Waals surface area contributed by atoms with Crippen LogP contribution in [0.3, 0.4) is 0 Å². The zero-order valence-electron chi connectivity index (χ0n) is 28.1. The Morgan fingerprint density at radius 3 is 1.47 bits per heavy atom. The summed E-state index contributed by atoms with van der Waals surface area (Å²) in [6, 6.07) is 31.9. The maximum Gasteiger partial charge on any atom is 0.253 e. The third-order valence-corrected chi connectivity index (χ3v) is 9.40. The highest BCUT2D eigenvalue weighted by molar-refractivity contribution is 5.94. The Kier molecular flexibility index (Phi) is 20.0. The summed E-state index contributed by atoms with van der Waals surface area (Å²) >= 11 is 0. The van der Waals surface area contributed by atoms with Crippen LogP contribution in [0.25, 0.3) is 0 Å². The summed E-state index contributed by atoms with van der Waals surface area (Å²) in [7, 11) is 1.99. The molecule has 6 rings (SSSR count). The Morgan fingerprint density at radius 1 is 0.623 bits per heavy atom. The number of amides is 3. The molecule has 3 aromatic carbocycles. The van der Waals surface area contributed by atoms with E-state index in [-0.39, 0.29) is 60.4 Å². The van der Waals surface area contributed by atoms with Crippen molar-refractivity contribution in [2.75, 3.05) is 38.1 Å². The Hall–Kier alpha value is -5.02. The molecule has 0 bridgehead atoms. The van der Waals surface area contributed by atoms with Crippen LogP contribution in [0, 0.1) is 0 Å². The van der Waals surface area contributed by atoms with Crippen molar-refractivity contribution < 1.29 is 14.4 Å². The smallest absolute Gasteiger partial charge is 0.253 e. The van der Waals surface area contributed by atoms with E-state index < -0.39 is 5.54 Å². The standard InChI is InChI=1S/C26H28N4O2.C13H18N2O.5CH4/c1-20(31)28-26(22-6-4-3-5-7-22)14-18-30(19-15-26)25(32)21-8-10-23(11-9-21)29(2)24-12-16-27-17-13-24;1-11(16)15-13(7-9-14-10-8-13)12-5-3-2-4-6-12;;;;;/h3-13,16-17H,14-15,18-19H2,1-2H3,(H,28,31);2-6,14H,7-10H2,1H3,(H,15,16);5*1H4. The molecule has 0 atom stereocenters. The van der Waals surface area contributed by atoms with Crippen LogP contribution in [0.15, 0.2) is 109 Å². The number of benzene rings is 3. The lowest BCUT2D eigenvalue weighted by atomic mass is 9.80. The summed E-state index contributed by atoms with van der Waals surface area (Å²) in [5.41, 5.74) is 4.41. The van der Waals surface area contributed by atoms with Crippen LogP contribution in [0.1, 0.15) is 98.1 Å². The molecule has 290 valence electrons. The number of nitrogens with one attached hydrogen (secondary N) is 3. The van der Waals surface area contributed by atoms with Crippen molar-refractivity contribution in [3.63, 3.8) is 0 Å². The lowest BCUT2D eigenvalue weighted by Crippen LogP contribution is -2.53. The Labute approximate surface area is 320 Å². The fourth-order valence-corrected chi connectivity index (χ4v) is 6.83. The molecule has 3 amide bonds. The minimum Gasteiger partial charge on any atom is -0.347 e. The number of hydrogen-bond donors (Lipinski definition) is 3. The first-order chi connectivity index (χ1) is 23.2. The van der Waals surface area contributed by atoms with Gasteiger partial charge in [-0.3, -0.25) is 19.4 Å². The van der Waals surface area contributed by atoms with Gasteiger partial charge in [0.1, 0.15) is 0 Å². The van der Waals surface area contributed by atoms with E-state index in [0.717, 1.165) is 42.9 Å². The summed E-state index contributed by atoms with van der Waals surface area (Å²) in [6.07, 6.45) is 6.80. The van der Waals surface area contributed by atoms with Crippen LogP contribution in [0.4, 0.5) is 11.4 Å². The van der Waals surface area contributed by atoms with E-state index in [1.807, 2.05) is 96.9 Å². The van der Waals surface area contributed by atoms with Crippen LogP contribution in [0.2, 0.25) is 0 Å². The van der Waals surface area contributed by atoms with Gasteiger partial charge in [-0.25, -0.2) is 0 Å². The molecule has 2 saturated heterocycles. The highest BCUT2D eigenvalue weighted by Crippen LogP contribution is 2.34. The molecule has 4 aromatic rings. The lowest BCUT2D eigenvalue weighted by molar-refractivity contribution is -0.122. The molecule has 3 heterocycles. The van der Waals surface area contributed by atoms with Crippen LogP contribution < -0.4 is 20.9 Å². The SMILES string of the molecule is C.C.C.C.C.CC(=O)NC1(c2ccccc2)CCN(C(=O)c2ccc(N(C)c3ccncc3)cc2)CC1.CC(=O)NC1(c2ccccc2)CCNCC1. The lowest BCUT2D eigenvalue weighted by Gasteiger charge is -2.42. The highest BCUT2D eigenvalue weighted by atomic mass is 16.2. The van der Waals surface area contributed by atoms with Gasteiger partial charge in [0.25, 0.3) is 5.91 Å². The quantitative estimate of drug-likeness (QED) is 0.176. The van der Waals surface area contributed by atoms with Crippen LogP contribution in [-0.4, -0.2) is 60.8 Å². The third-order valence-electron chi connectivity index (χ3n) is 9.40. The first kappa shape index (κ1) is 48.0. The van der Waals surface area contributed by atoms with E-state index in [1.54, 1.807) is 26.2 Å². The molecule has 2 fully saturated rings. The Morgan fingerprint density at radius 2 is 1.04 bits per heavy atom. The van der Waals surface area contributed by atoms with E-state index >= 15 is 0 Å². The van der Waals surface area contributed by atoms with E-state index in [9.17, 15) is 14.4 Å². The fourth-order valence-electron chi connectivity index (χ4n) is 6.83. The number of piperidine rings is 2. The molecule has 2 aliphatic heterocycles. The molecule has 0 unspecified atom stereocenters. The minimum absolute atomic E-state index is 0. The van der Waals surface area contributed by atoms with Crippen LogP contribution >= 0.6 is 0 Å². The Bertz CT molecular complexity index is 1640. The molecule has 0 aliphatic carbocycles. The molecule has 9 heteroatoms. The number of carbonyl (C=O) groups is 3. The van der Waals surface area contributed by atoms with Crippen molar-refractivity contribution in [1.82, 2.24) is 25.8 Å². The second-order valence-electron chi connectivity index (χ2n) is 12.6. The van der Waals surface area contributed by atoms with Gasteiger partial charge in [-0.15, -0.1) is 0 Å². The van der Waals surface area contributed by atoms with Crippen molar-refractivity contribution in [2.45, 2.75) is 87.7 Å². The zero-order valence-corrected chi connectivity index (χ0v) is 28.1. The van der Waals surface area contributed by atoms with E-state index in [0.29, 0.717) is 31.5 Å². The van der Waals surface area contributed by atoms with Gasteiger partial charge in [0.2, 0.25) is 11.8 Å². The summed E-state index contributed by atoms with van der Waals surface area (Å²) in [6.45, 7) is 6.23. The largest absolute Gasteiger partial charge is 0.347 e. The van der Waals surface area contributed by atoms with Gasteiger partial charge in [-0.2, -0.15) is 0 Å². The number of likely N-dealkylation sites (tertiary alicyclic amines) is 1. The fraction of sp³-hybridized carbons (Fsp3) is 0.409. The normalized spacial score (nSPS) is 14.9. The number of anilines is 2. The molecule has 0 spiro atoms. The average Bonchev–Trinajstić information content (AvgIpc) is 3.13. The summed E-state index contributed by atoms with van der Waals surface area (Å²) in [5, 5.41) is 9.62. The second-order valence-corrected chi connectivity index (χ2v) is 12.6. The molecule has 0 saturated carbocycles. The van der Waals surface area contributed by atoms with Gasteiger partial charge < -0.3 is 25.8 Å². The third kappa shape index (κ3) is 12.0. The summed E-state index contributed by atoms with van der Waals surface area (Å²) in [4.78, 5) is 44.4. The van der Waals surface area contributed by atoms with Gasteiger partial charge in [-0.1, -0.05) is 97.8 Å². The molecule has 0 radical (unpaired) electrons. The molecule has 9 nitrogen and oxygen atoms in total. The van der Waals surface area contributed by atoms with E-state index in [2.05, 4.69) is 38.0 Å². The van der Waals surface area contributed by atoms with Gasteiger partial charge >= 0.3 is 0 Å². The summed E-state index contributed by atoms with van der Waals surface area (Å²) in [5.74, 6) is 0.0147. The molecular weight excluding hydrogens is 661 g/mol. The van der Waals surface area contributed by atoms with Gasteiger partial charge in [0.05, 0.1) is 11.1 Å². The van der Waals surface area contributed by atoms with Gasteiger partial charge in [0.15, 0.2) is 0 Å². The number of carbonyl (C=O) groups excluding carboxylic acids is 3. The summed E-state index contributed by atoms with van der Waals surface area (Å²) < 4.78 is 0. The van der Waals surface area contributed by atoms with Crippen molar-refractivity contribution in [2.24, 2.45) is 0 Å². The number of rotatable bonds is 7. The predicted molar refractivity (Wildman–Crippen MR) is 224 cm³/mol. The number of pyridine rings is 1. The van der Waals surface area contributed by atoms with Crippen molar-refractivity contribution in [3.8, 4) is 0 Å². The topological polar surface area (TPSA) is 107 Å². The molecule has 2 aliphatic rings. The molecule has 1 aromatic heterocycles. The molecule has 3 N–H and O–H groups in total. The second kappa shape index (κ2) is 22.1. The zero-order chi connectivity index (χ0) is 34.0. The van der Waals surface area contributed by atoms with Crippen molar-refractivity contribution in [3.05, 3.63) is 126 Å². The van der Waals surface area contributed by atoms with Crippen molar-refractivity contribution in [1.29, 1.82) is 0 Å². The maximum atomic E-state index is 13.1. The predicted octanol–water partition coefficient (Wildman–Crippen LogP) is 8.70. The number of aromatic nitrogens is 1. The van der Waals surface area contributed by atoms with Crippen molar-refractivity contribution >= 4 is 29.1 Å². The number of nitrogens with zero attached hydrogens (tertiary/aromatic N) is 3. The van der Waals surface area contributed by atoms with E-state index in [4.69, 9.17) is 0 Å². The van der Waals surface area contributed by atoms with Crippen LogP contribution in [-0.2, 0) is 20.7 Å². The van der Waals surface area contributed by atoms with Crippen LogP contribution in [0.5, 0.6) is 0 Å².